The predicted molar refractivity (Wildman–Crippen MR) is 136 cm³/mol. The van der Waals surface area contributed by atoms with E-state index in [2.05, 4.69) is 52.4 Å². The van der Waals surface area contributed by atoms with Crippen LogP contribution in [0, 0.1) is 0 Å². The lowest BCUT2D eigenvalue weighted by Crippen LogP contribution is -2.40. The third-order valence-corrected chi connectivity index (χ3v) is 8.30. The number of thiophene rings is 1. The number of carbonyl (C=O) groups is 1. The Balaban J connectivity index is 1.32. The van der Waals surface area contributed by atoms with Crippen LogP contribution in [0.1, 0.15) is 46.4 Å². The van der Waals surface area contributed by atoms with Crippen molar-refractivity contribution in [1.82, 2.24) is 24.9 Å². The van der Waals surface area contributed by atoms with Crippen LogP contribution in [0.4, 0.5) is 0 Å². The maximum atomic E-state index is 13.3. The summed E-state index contributed by atoms with van der Waals surface area (Å²) in [6.45, 7) is 8.94. The monoisotopic (exact) mass is 481 g/mol. The Labute approximate surface area is 205 Å². The third kappa shape index (κ3) is 4.91. The van der Waals surface area contributed by atoms with Gasteiger partial charge in [0.05, 0.1) is 13.2 Å². The molecule has 0 bridgehead atoms. The lowest BCUT2D eigenvalue weighted by atomic mass is 10.0. The lowest BCUT2D eigenvalue weighted by Gasteiger charge is -2.27. The van der Waals surface area contributed by atoms with Gasteiger partial charge in [-0.3, -0.25) is 19.3 Å². The summed E-state index contributed by atoms with van der Waals surface area (Å²) < 4.78 is 8.63. The van der Waals surface area contributed by atoms with Crippen LogP contribution >= 0.6 is 11.3 Å². The number of benzene rings is 1. The summed E-state index contributed by atoms with van der Waals surface area (Å²) in [7, 11) is 1.71. The molecular weight excluding hydrogens is 446 g/mol. The molecule has 1 N–H and O–H groups in total. The van der Waals surface area contributed by atoms with Gasteiger partial charge in [-0.25, -0.2) is 0 Å². The highest BCUT2D eigenvalue weighted by Gasteiger charge is 2.29. The second-order valence-corrected chi connectivity index (χ2v) is 10.5. The van der Waals surface area contributed by atoms with E-state index in [4.69, 9.17) is 9.84 Å². The summed E-state index contributed by atoms with van der Waals surface area (Å²) in [4.78, 5) is 19.6. The Morgan fingerprint density at radius 1 is 1.29 bits per heavy atom. The van der Waals surface area contributed by atoms with Gasteiger partial charge in [0.15, 0.2) is 5.69 Å². The number of likely N-dealkylation sites (N-methyl/N-ethyl adjacent to an activating group) is 1. The van der Waals surface area contributed by atoms with Crippen molar-refractivity contribution in [3.05, 3.63) is 52.2 Å². The number of carbonyl (C=O) groups excluding carboxylic acids is 1. The standard InChI is InChI=1S/C26H35N5O2S/c1-3-30-11-6-8-20(30)16-27-26(32)25-22-18-29(12-10-23(22)31(28-25)13-14-33-2)17-21-15-19-7-4-5-9-24(19)34-21/h4-5,7,9,15,20H,3,6,8,10-14,16-18H2,1-2H3,(H,27,32). The van der Waals surface area contributed by atoms with Crippen molar-refractivity contribution in [2.75, 3.05) is 39.9 Å². The number of hydrogen-bond acceptors (Lipinski definition) is 6. The summed E-state index contributed by atoms with van der Waals surface area (Å²) in [5, 5.41) is 9.29. The van der Waals surface area contributed by atoms with Gasteiger partial charge in [-0.1, -0.05) is 25.1 Å². The fourth-order valence-corrected chi connectivity index (χ4v) is 6.51. The summed E-state index contributed by atoms with van der Waals surface area (Å²) >= 11 is 1.86. The van der Waals surface area contributed by atoms with E-state index in [1.54, 1.807) is 7.11 Å². The number of amides is 1. The molecule has 1 aromatic carbocycles. The van der Waals surface area contributed by atoms with Gasteiger partial charge in [0.1, 0.15) is 0 Å². The van der Waals surface area contributed by atoms with Crippen LogP contribution in [0.5, 0.6) is 0 Å². The zero-order valence-corrected chi connectivity index (χ0v) is 21.1. The Morgan fingerprint density at radius 2 is 2.18 bits per heavy atom. The molecule has 2 aromatic heterocycles. The van der Waals surface area contributed by atoms with E-state index in [0.717, 1.165) is 51.1 Å². The molecule has 0 spiro atoms. The van der Waals surface area contributed by atoms with Crippen LogP contribution in [0.2, 0.25) is 0 Å². The maximum Gasteiger partial charge on any atom is 0.272 e. The van der Waals surface area contributed by atoms with Crippen LogP contribution in [-0.2, 0) is 30.8 Å². The highest BCUT2D eigenvalue weighted by molar-refractivity contribution is 7.19. The van der Waals surface area contributed by atoms with Gasteiger partial charge >= 0.3 is 0 Å². The number of hydrogen-bond donors (Lipinski definition) is 1. The molecule has 1 amide bonds. The van der Waals surface area contributed by atoms with Crippen molar-refractivity contribution >= 4 is 27.3 Å². The quantitative estimate of drug-likeness (QED) is 0.507. The van der Waals surface area contributed by atoms with Crippen LogP contribution in [0.25, 0.3) is 10.1 Å². The summed E-state index contributed by atoms with van der Waals surface area (Å²) in [6.07, 6.45) is 3.26. The van der Waals surface area contributed by atoms with Gasteiger partial charge in [-0.15, -0.1) is 11.3 Å². The van der Waals surface area contributed by atoms with Crippen molar-refractivity contribution in [1.29, 1.82) is 0 Å². The first-order valence-electron chi connectivity index (χ1n) is 12.5. The number of nitrogens with zero attached hydrogens (tertiary/aromatic N) is 4. The van der Waals surface area contributed by atoms with Crippen molar-refractivity contribution in [2.45, 2.75) is 51.9 Å². The van der Waals surface area contributed by atoms with E-state index in [1.165, 1.54) is 27.1 Å². The molecule has 5 rings (SSSR count). The molecule has 34 heavy (non-hydrogen) atoms. The van der Waals surface area contributed by atoms with Crippen LogP contribution in [-0.4, -0.2) is 71.4 Å². The Morgan fingerprint density at radius 3 is 3.00 bits per heavy atom. The minimum absolute atomic E-state index is 0.0425. The van der Waals surface area contributed by atoms with Crippen LogP contribution in [0.15, 0.2) is 30.3 Å². The minimum Gasteiger partial charge on any atom is -0.383 e. The van der Waals surface area contributed by atoms with E-state index in [0.29, 0.717) is 31.4 Å². The van der Waals surface area contributed by atoms with Crippen molar-refractivity contribution in [3.63, 3.8) is 0 Å². The Kier molecular flexibility index (Phi) is 7.29. The van der Waals surface area contributed by atoms with Crippen molar-refractivity contribution in [3.8, 4) is 0 Å². The van der Waals surface area contributed by atoms with E-state index in [-0.39, 0.29) is 5.91 Å². The molecule has 0 saturated carbocycles. The van der Waals surface area contributed by atoms with Crippen molar-refractivity contribution < 1.29 is 9.53 Å². The number of methoxy groups -OCH3 is 1. The van der Waals surface area contributed by atoms with Gasteiger partial charge in [0.2, 0.25) is 0 Å². The third-order valence-electron chi connectivity index (χ3n) is 7.19. The molecule has 182 valence electrons. The average Bonchev–Trinajstić information content (AvgIpc) is 3.57. The first kappa shape index (κ1) is 23.5. The number of ether oxygens (including phenoxy) is 1. The molecule has 7 nitrogen and oxygen atoms in total. The highest BCUT2D eigenvalue weighted by atomic mass is 32.1. The smallest absolute Gasteiger partial charge is 0.272 e. The van der Waals surface area contributed by atoms with Crippen LogP contribution < -0.4 is 5.32 Å². The molecular formula is C26H35N5O2S. The second-order valence-electron chi connectivity index (χ2n) is 9.34. The molecule has 1 fully saturated rings. The fourth-order valence-electron chi connectivity index (χ4n) is 5.40. The number of nitrogens with one attached hydrogen (secondary N) is 1. The first-order valence-corrected chi connectivity index (χ1v) is 13.3. The zero-order chi connectivity index (χ0) is 23.5. The maximum absolute atomic E-state index is 13.3. The topological polar surface area (TPSA) is 62.6 Å². The zero-order valence-electron chi connectivity index (χ0n) is 20.3. The SMILES string of the molecule is CCN1CCCC1CNC(=O)c1nn(CCOC)c2c1CN(Cc1cc3ccccc3s1)CC2. The van der Waals surface area contributed by atoms with Gasteiger partial charge in [0, 0.05) is 66.6 Å². The molecule has 8 heteroatoms. The molecule has 4 heterocycles. The second kappa shape index (κ2) is 10.6. The molecule has 1 saturated heterocycles. The lowest BCUT2D eigenvalue weighted by molar-refractivity contribution is 0.0932. The number of likely N-dealkylation sites (tertiary alicyclic amines) is 1. The first-order chi connectivity index (χ1) is 16.7. The normalized spacial score (nSPS) is 19.1. The van der Waals surface area contributed by atoms with E-state index in [1.807, 2.05) is 16.0 Å². The predicted octanol–water partition coefficient (Wildman–Crippen LogP) is 3.52. The van der Waals surface area contributed by atoms with Crippen molar-refractivity contribution in [2.24, 2.45) is 0 Å². The van der Waals surface area contributed by atoms with E-state index < -0.39 is 0 Å². The summed E-state index contributed by atoms with van der Waals surface area (Å²) in [5.41, 5.74) is 2.86. The fraction of sp³-hybridized carbons (Fsp3) is 0.538. The molecule has 0 aliphatic carbocycles. The largest absolute Gasteiger partial charge is 0.383 e. The minimum atomic E-state index is -0.0425. The number of rotatable bonds is 9. The number of fused-ring (bicyclic) bond motifs is 2. The Hall–Kier alpha value is -2.26. The summed E-state index contributed by atoms with van der Waals surface area (Å²) in [6, 6.07) is 11.3. The molecule has 1 atom stereocenters. The summed E-state index contributed by atoms with van der Waals surface area (Å²) in [5.74, 6) is -0.0425. The molecule has 1 unspecified atom stereocenters. The molecule has 2 aliphatic heterocycles. The van der Waals surface area contributed by atoms with E-state index >= 15 is 0 Å². The van der Waals surface area contributed by atoms with Gasteiger partial charge in [0.25, 0.3) is 5.91 Å². The molecule has 2 aliphatic rings. The van der Waals surface area contributed by atoms with Crippen LogP contribution in [0.3, 0.4) is 0 Å². The number of aromatic nitrogens is 2. The average molecular weight is 482 g/mol. The van der Waals surface area contributed by atoms with Gasteiger partial charge in [-0.2, -0.15) is 5.10 Å². The molecule has 3 aromatic rings. The van der Waals surface area contributed by atoms with E-state index in [9.17, 15) is 4.79 Å². The Bertz CT molecular complexity index is 1110. The van der Waals surface area contributed by atoms with Gasteiger partial charge in [-0.05, 0) is 43.5 Å². The highest BCUT2D eigenvalue weighted by Crippen LogP contribution is 2.29. The van der Waals surface area contributed by atoms with Gasteiger partial charge < -0.3 is 10.1 Å². The molecule has 0 radical (unpaired) electrons.